The number of rotatable bonds is 3. The third kappa shape index (κ3) is 2.26. The molecule has 0 bridgehead atoms. The Morgan fingerprint density at radius 2 is 1.95 bits per heavy atom. The fraction of sp³-hybridized carbons (Fsp3) is 0.333. The van der Waals surface area contributed by atoms with E-state index in [9.17, 15) is 0 Å². The lowest BCUT2D eigenvalue weighted by Crippen LogP contribution is -2.12. The molecule has 1 aliphatic carbocycles. The van der Waals surface area contributed by atoms with E-state index in [1.807, 2.05) is 0 Å². The van der Waals surface area contributed by atoms with Gasteiger partial charge in [0.25, 0.3) is 0 Å². The van der Waals surface area contributed by atoms with E-state index in [0.29, 0.717) is 6.10 Å². The van der Waals surface area contributed by atoms with Crippen LogP contribution in [-0.2, 0) is 6.42 Å². The zero-order valence-corrected chi connectivity index (χ0v) is 11.6. The van der Waals surface area contributed by atoms with Crippen LogP contribution in [0.3, 0.4) is 0 Å². The number of para-hydroxylation sites is 1. The molecule has 0 saturated heterocycles. The number of fused-ring (bicyclic) bond motifs is 1. The van der Waals surface area contributed by atoms with Gasteiger partial charge in [-0.25, -0.2) is 0 Å². The van der Waals surface area contributed by atoms with Crippen LogP contribution in [0, 0.1) is 0 Å². The summed E-state index contributed by atoms with van der Waals surface area (Å²) in [5.41, 5.74) is 5.28. The lowest BCUT2D eigenvalue weighted by atomic mass is 9.95. The maximum atomic E-state index is 5.91. The summed E-state index contributed by atoms with van der Waals surface area (Å²) in [5, 5.41) is 3.56. The molecule has 102 valence electrons. The van der Waals surface area contributed by atoms with Gasteiger partial charge in [0.05, 0.1) is 6.10 Å². The summed E-state index contributed by atoms with van der Waals surface area (Å²) in [6.45, 7) is 1.07. The van der Waals surface area contributed by atoms with Gasteiger partial charge < -0.3 is 10.1 Å². The van der Waals surface area contributed by atoms with E-state index >= 15 is 0 Å². The Hall–Kier alpha value is -1.96. The second kappa shape index (κ2) is 4.86. The van der Waals surface area contributed by atoms with Crippen molar-refractivity contribution in [3.8, 4) is 16.9 Å². The van der Waals surface area contributed by atoms with Crippen LogP contribution >= 0.6 is 0 Å². The molecule has 0 atom stereocenters. The smallest absolute Gasteiger partial charge is 0.120 e. The molecule has 1 fully saturated rings. The summed E-state index contributed by atoms with van der Waals surface area (Å²) in [6, 6.07) is 15.1. The standard InChI is InChI=1S/C18H19NO/c1-5-14(12-16(7-1)20-15-9-10-15)17-8-2-4-13-6-3-11-19-18(13)17/h1-2,4-5,7-8,12,15,19H,3,6,9-11H2. The Balaban J connectivity index is 1.72. The topological polar surface area (TPSA) is 21.3 Å². The normalized spacial score (nSPS) is 17.2. The Morgan fingerprint density at radius 3 is 2.85 bits per heavy atom. The highest BCUT2D eigenvalue weighted by molar-refractivity contribution is 5.81. The molecule has 0 unspecified atom stereocenters. The lowest BCUT2D eigenvalue weighted by molar-refractivity contribution is 0.303. The molecule has 4 rings (SSSR count). The molecule has 1 saturated carbocycles. The van der Waals surface area contributed by atoms with Crippen molar-refractivity contribution in [3.63, 3.8) is 0 Å². The number of aryl methyl sites for hydroxylation is 1. The van der Waals surface area contributed by atoms with Crippen LogP contribution in [0.15, 0.2) is 42.5 Å². The average molecular weight is 265 g/mol. The monoisotopic (exact) mass is 265 g/mol. The van der Waals surface area contributed by atoms with E-state index in [-0.39, 0.29) is 0 Å². The number of nitrogens with one attached hydrogen (secondary N) is 1. The van der Waals surface area contributed by atoms with Crippen LogP contribution in [0.5, 0.6) is 5.75 Å². The second-order valence-electron chi connectivity index (χ2n) is 5.72. The first kappa shape index (κ1) is 11.8. The number of ether oxygens (including phenoxy) is 1. The van der Waals surface area contributed by atoms with E-state index in [0.717, 1.165) is 12.3 Å². The number of hydrogen-bond acceptors (Lipinski definition) is 2. The molecule has 0 spiro atoms. The highest BCUT2D eigenvalue weighted by Crippen LogP contribution is 2.36. The molecule has 2 aromatic carbocycles. The highest BCUT2D eigenvalue weighted by Gasteiger charge is 2.23. The molecule has 2 aromatic rings. The van der Waals surface area contributed by atoms with Gasteiger partial charge in [-0.2, -0.15) is 0 Å². The van der Waals surface area contributed by atoms with Crippen LogP contribution in [0.1, 0.15) is 24.8 Å². The van der Waals surface area contributed by atoms with E-state index < -0.39 is 0 Å². The largest absolute Gasteiger partial charge is 0.490 e. The van der Waals surface area contributed by atoms with Crippen molar-refractivity contribution in [1.29, 1.82) is 0 Å². The molecule has 1 N–H and O–H groups in total. The van der Waals surface area contributed by atoms with Gasteiger partial charge in [-0.15, -0.1) is 0 Å². The molecule has 1 aliphatic heterocycles. The fourth-order valence-corrected chi connectivity index (χ4v) is 2.87. The van der Waals surface area contributed by atoms with Crippen molar-refractivity contribution in [3.05, 3.63) is 48.0 Å². The SMILES string of the molecule is c1cc(OC2CC2)cc(-c2cccc3c2NCCC3)c1. The lowest BCUT2D eigenvalue weighted by Gasteiger charge is -2.21. The summed E-state index contributed by atoms with van der Waals surface area (Å²) >= 11 is 0. The molecule has 0 radical (unpaired) electrons. The molecule has 2 nitrogen and oxygen atoms in total. The average Bonchev–Trinajstić information content (AvgIpc) is 3.31. The van der Waals surface area contributed by atoms with Gasteiger partial charge >= 0.3 is 0 Å². The first-order valence-corrected chi connectivity index (χ1v) is 7.53. The van der Waals surface area contributed by atoms with Crippen molar-refractivity contribution in [2.75, 3.05) is 11.9 Å². The van der Waals surface area contributed by atoms with E-state index in [4.69, 9.17) is 4.74 Å². The molecule has 2 aliphatic rings. The van der Waals surface area contributed by atoms with Crippen LogP contribution in [0.4, 0.5) is 5.69 Å². The number of benzene rings is 2. The third-order valence-electron chi connectivity index (χ3n) is 4.05. The van der Waals surface area contributed by atoms with Gasteiger partial charge in [0.1, 0.15) is 5.75 Å². The molecule has 1 heterocycles. The van der Waals surface area contributed by atoms with E-state index in [1.54, 1.807) is 0 Å². The van der Waals surface area contributed by atoms with Gasteiger partial charge in [0.15, 0.2) is 0 Å². The molecule has 0 amide bonds. The number of anilines is 1. The molecular weight excluding hydrogens is 246 g/mol. The Kier molecular flexibility index (Phi) is 2.87. The summed E-state index contributed by atoms with van der Waals surface area (Å²) in [7, 11) is 0. The van der Waals surface area contributed by atoms with Gasteiger partial charge in [-0.05, 0) is 48.9 Å². The second-order valence-corrected chi connectivity index (χ2v) is 5.72. The first-order chi connectivity index (χ1) is 9.90. The van der Waals surface area contributed by atoms with Gasteiger partial charge in [0.2, 0.25) is 0 Å². The van der Waals surface area contributed by atoms with Gasteiger partial charge in [-0.1, -0.05) is 30.3 Å². The fourth-order valence-electron chi connectivity index (χ4n) is 2.87. The maximum absolute atomic E-state index is 5.91. The predicted octanol–water partition coefficient (Wildman–Crippen LogP) is 4.25. The molecule has 2 heteroatoms. The first-order valence-electron chi connectivity index (χ1n) is 7.53. The van der Waals surface area contributed by atoms with Gasteiger partial charge in [0, 0.05) is 17.8 Å². The van der Waals surface area contributed by atoms with Crippen LogP contribution in [-0.4, -0.2) is 12.6 Å². The Labute approximate surface area is 119 Å². The predicted molar refractivity (Wildman–Crippen MR) is 82.3 cm³/mol. The minimum absolute atomic E-state index is 0.452. The van der Waals surface area contributed by atoms with Crippen molar-refractivity contribution in [1.82, 2.24) is 0 Å². The van der Waals surface area contributed by atoms with Crippen LogP contribution < -0.4 is 10.1 Å². The summed E-state index contributed by atoms with van der Waals surface area (Å²) < 4.78 is 5.91. The summed E-state index contributed by atoms with van der Waals surface area (Å²) in [4.78, 5) is 0. The Morgan fingerprint density at radius 1 is 1.05 bits per heavy atom. The third-order valence-corrected chi connectivity index (χ3v) is 4.05. The van der Waals surface area contributed by atoms with Crippen molar-refractivity contribution in [2.24, 2.45) is 0 Å². The van der Waals surface area contributed by atoms with E-state index in [1.165, 1.54) is 48.1 Å². The minimum atomic E-state index is 0.452. The van der Waals surface area contributed by atoms with Crippen molar-refractivity contribution in [2.45, 2.75) is 31.8 Å². The van der Waals surface area contributed by atoms with Gasteiger partial charge in [-0.3, -0.25) is 0 Å². The maximum Gasteiger partial charge on any atom is 0.120 e. The van der Waals surface area contributed by atoms with Crippen LogP contribution in [0.25, 0.3) is 11.1 Å². The highest BCUT2D eigenvalue weighted by atomic mass is 16.5. The van der Waals surface area contributed by atoms with Crippen molar-refractivity contribution < 1.29 is 4.74 Å². The molecular formula is C18H19NO. The minimum Gasteiger partial charge on any atom is -0.490 e. The molecule has 0 aromatic heterocycles. The van der Waals surface area contributed by atoms with E-state index in [2.05, 4.69) is 47.8 Å². The molecule has 20 heavy (non-hydrogen) atoms. The summed E-state index contributed by atoms with van der Waals surface area (Å²) in [6.07, 6.45) is 5.25. The number of hydrogen-bond donors (Lipinski definition) is 1. The van der Waals surface area contributed by atoms with Crippen LogP contribution in [0.2, 0.25) is 0 Å². The van der Waals surface area contributed by atoms with Crippen molar-refractivity contribution >= 4 is 5.69 Å². The zero-order valence-electron chi connectivity index (χ0n) is 11.6. The quantitative estimate of drug-likeness (QED) is 0.895. The summed E-state index contributed by atoms with van der Waals surface area (Å²) in [5.74, 6) is 0.999. The zero-order chi connectivity index (χ0) is 13.4. The Bertz CT molecular complexity index is 631.